The molecule has 0 rings (SSSR count). The summed E-state index contributed by atoms with van der Waals surface area (Å²) in [6.07, 6.45) is 75.8. The number of quaternary nitrogens is 1. The van der Waals surface area contributed by atoms with E-state index in [1.54, 1.807) is 0 Å². The van der Waals surface area contributed by atoms with Crippen molar-refractivity contribution in [3.63, 3.8) is 0 Å². The van der Waals surface area contributed by atoms with E-state index < -0.39 is 20.0 Å². The molecule has 0 saturated heterocycles. The van der Waals surface area contributed by atoms with Crippen LogP contribution in [0.15, 0.2) is 12.2 Å². The van der Waals surface area contributed by atoms with E-state index in [-0.39, 0.29) is 19.1 Å². The lowest BCUT2D eigenvalue weighted by Gasteiger charge is -2.30. The lowest BCUT2D eigenvalue weighted by Crippen LogP contribution is -2.46. The number of phosphoric acid groups is 1. The SMILES string of the molecule is CCCCCCCCCCCCCCCCCC/C=C\CCCCCCCCCCCCCCCCCCCC(=O)NC(COP(=O)([O-])OCC[N+](C)(C)C)C(O)CCCCCCCCCCCCCCCCCCCC. The van der Waals surface area contributed by atoms with E-state index >= 15 is 0 Å². The molecule has 0 heterocycles. The summed E-state index contributed by atoms with van der Waals surface area (Å²) in [5.74, 6) is -0.156. The highest BCUT2D eigenvalue weighted by atomic mass is 31.2. The van der Waals surface area contributed by atoms with Crippen LogP contribution < -0.4 is 10.2 Å². The van der Waals surface area contributed by atoms with Crippen LogP contribution in [-0.2, 0) is 18.4 Å². The molecule has 8 nitrogen and oxygen atoms in total. The number of allylic oxidation sites excluding steroid dienone is 2. The standard InChI is InChI=1S/C68H137N2O6P/c1-6-8-10-12-14-16-18-20-22-24-26-27-28-29-30-31-32-33-34-35-36-37-38-39-40-41-42-43-44-46-48-50-52-54-56-58-60-62-68(72)69-66(65-76-77(73,74)75-64-63-70(3,4)5)67(71)61-59-57-55-53-51-49-47-45-25-23-21-19-17-15-13-11-9-7-2/h33-34,66-67,71H,6-32,35-65H2,1-5H3,(H-,69,72,73,74)/b34-33-. The summed E-state index contributed by atoms with van der Waals surface area (Å²) < 4.78 is 23.5. The van der Waals surface area contributed by atoms with Crippen LogP contribution in [0, 0.1) is 0 Å². The zero-order valence-electron chi connectivity index (χ0n) is 52.7. The lowest BCUT2D eigenvalue weighted by molar-refractivity contribution is -0.870. The Morgan fingerprint density at radius 1 is 0.442 bits per heavy atom. The molecule has 3 atom stereocenters. The van der Waals surface area contributed by atoms with Gasteiger partial charge in [-0.05, 0) is 38.5 Å². The molecule has 0 aliphatic rings. The fourth-order valence-electron chi connectivity index (χ4n) is 10.9. The van der Waals surface area contributed by atoms with Gasteiger partial charge in [0.15, 0.2) is 0 Å². The van der Waals surface area contributed by atoms with Gasteiger partial charge in [0.05, 0.1) is 39.9 Å². The van der Waals surface area contributed by atoms with Crippen LogP contribution in [0.2, 0.25) is 0 Å². The first kappa shape index (κ1) is 76.2. The van der Waals surface area contributed by atoms with Gasteiger partial charge in [-0.25, -0.2) is 0 Å². The van der Waals surface area contributed by atoms with E-state index in [1.165, 1.54) is 302 Å². The van der Waals surface area contributed by atoms with Crippen molar-refractivity contribution in [2.75, 3.05) is 40.9 Å². The van der Waals surface area contributed by atoms with Crippen LogP contribution >= 0.6 is 7.82 Å². The van der Waals surface area contributed by atoms with Gasteiger partial charge >= 0.3 is 0 Å². The first-order chi connectivity index (χ1) is 37.5. The normalized spacial score (nSPS) is 13.7. The van der Waals surface area contributed by atoms with Gasteiger partial charge < -0.3 is 28.8 Å². The van der Waals surface area contributed by atoms with Crippen LogP contribution in [0.25, 0.3) is 0 Å². The topological polar surface area (TPSA) is 108 Å². The summed E-state index contributed by atoms with van der Waals surface area (Å²) >= 11 is 0. The number of carbonyl (C=O) groups is 1. The molecule has 2 N–H and O–H groups in total. The Hall–Kier alpha value is -0.760. The van der Waals surface area contributed by atoms with Crippen molar-refractivity contribution in [3.05, 3.63) is 12.2 Å². The molecule has 0 bridgehead atoms. The molecular weight excluding hydrogens is 972 g/mol. The summed E-state index contributed by atoms with van der Waals surface area (Å²) in [6.45, 7) is 4.78. The van der Waals surface area contributed by atoms with Crippen molar-refractivity contribution in [2.45, 2.75) is 379 Å². The van der Waals surface area contributed by atoms with Gasteiger partial charge in [-0.1, -0.05) is 334 Å². The number of rotatable bonds is 65. The van der Waals surface area contributed by atoms with E-state index in [0.29, 0.717) is 23.9 Å². The van der Waals surface area contributed by atoms with Crippen LogP contribution in [0.5, 0.6) is 0 Å². The van der Waals surface area contributed by atoms with Crippen molar-refractivity contribution in [1.29, 1.82) is 0 Å². The maximum absolute atomic E-state index is 13.0. The largest absolute Gasteiger partial charge is 0.756 e. The molecule has 77 heavy (non-hydrogen) atoms. The zero-order valence-corrected chi connectivity index (χ0v) is 53.6. The molecule has 9 heteroatoms. The first-order valence-corrected chi connectivity index (χ1v) is 36.0. The Kier molecular flexibility index (Phi) is 59.3. The number of hydrogen-bond donors (Lipinski definition) is 2. The summed E-state index contributed by atoms with van der Waals surface area (Å²) in [7, 11) is 1.32. The third kappa shape index (κ3) is 62.7. The lowest BCUT2D eigenvalue weighted by atomic mass is 10.0. The molecule has 0 fully saturated rings. The Labute approximate surface area is 482 Å². The Morgan fingerprint density at radius 3 is 1.01 bits per heavy atom. The Bertz CT molecular complexity index is 1260. The number of phosphoric ester groups is 1. The Balaban J connectivity index is 3.91. The number of nitrogens with zero attached hydrogens (tertiary/aromatic N) is 1. The minimum atomic E-state index is -4.57. The van der Waals surface area contributed by atoms with Gasteiger partial charge in [0.2, 0.25) is 5.91 Å². The number of hydrogen-bond acceptors (Lipinski definition) is 6. The fourth-order valence-corrected chi connectivity index (χ4v) is 11.6. The third-order valence-electron chi connectivity index (χ3n) is 16.3. The quantitative estimate of drug-likeness (QED) is 0.0272. The molecule has 0 radical (unpaired) electrons. The second-order valence-electron chi connectivity index (χ2n) is 25.2. The van der Waals surface area contributed by atoms with Crippen molar-refractivity contribution in [3.8, 4) is 0 Å². The van der Waals surface area contributed by atoms with Gasteiger partial charge in [-0.3, -0.25) is 9.36 Å². The van der Waals surface area contributed by atoms with Crippen molar-refractivity contribution >= 4 is 13.7 Å². The van der Waals surface area contributed by atoms with E-state index in [9.17, 15) is 19.4 Å². The highest BCUT2D eigenvalue weighted by Gasteiger charge is 2.24. The molecule has 0 aromatic rings. The van der Waals surface area contributed by atoms with Gasteiger partial charge in [0.1, 0.15) is 13.2 Å². The molecule has 0 aliphatic heterocycles. The average molecular weight is 1110 g/mol. The number of carbonyl (C=O) groups excluding carboxylic acids is 1. The van der Waals surface area contributed by atoms with Gasteiger partial charge in [-0.2, -0.15) is 0 Å². The van der Waals surface area contributed by atoms with Gasteiger partial charge in [-0.15, -0.1) is 0 Å². The van der Waals surface area contributed by atoms with E-state index in [0.717, 1.165) is 38.5 Å². The maximum Gasteiger partial charge on any atom is 0.268 e. The van der Waals surface area contributed by atoms with E-state index in [2.05, 4.69) is 31.3 Å². The smallest absolute Gasteiger partial charge is 0.268 e. The molecule has 0 saturated carbocycles. The molecule has 0 aliphatic carbocycles. The predicted octanol–water partition coefficient (Wildman–Crippen LogP) is 21.1. The van der Waals surface area contributed by atoms with Crippen molar-refractivity contribution in [1.82, 2.24) is 5.32 Å². The summed E-state index contributed by atoms with van der Waals surface area (Å²) in [4.78, 5) is 25.6. The second kappa shape index (κ2) is 59.8. The molecule has 3 unspecified atom stereocenters. The van der Waals surface area contributed by atoms with Crippen molar-refractivity contribution in [2.24, 2.45) is 0 Å². The van der Waals surface area contributed by atoms with Gasteiger partial charge in [0, 0.05) is 6.42 Å². The molecule has 0 aromatic carbocycles. The summed E-state index contributed by atoms with van der Waals surface area (Å²) in [5, 5.41) is 14.1. The van der Waals surface area contributed by atoms with E-state index in [1.807, 2.05) is 21.1 Å². The molecule has 460 valence electrons. The van der Waals surface area contributed by atoms with Crippen LogP contribution in [0.3, 0.4) is 0 Å². The first-order valence-electron chi connectivity index (χ1n) is 34.5. The minimum Gasteiger partial charge on any atom is -0.756 e. The molecular formula is C68H137N2O6P. The molecule has 0 spiro atoms. The van der Waals surface area contributed by atoms with E-state index in [4.69, 9.17) is 9.05 Å². The molecule has 1 amide bonds. The monoisotopic (exact) mass is 1110 g/mol. The summed E-state index contributed by atoms with van der Waals surface area (Å²) in [5.41, 5.74) is 0. The minimum absolute atomic E-state index is 0.0156. The highest BCUT2D eigenvalue weighted by Crippen LogP contribution is 2.38. The number of unbranched alkanes of at least 4 members (excludes halogenated alkanes) is 50. The maximum atomic E-state index is 13.0. The van der Waals surface area contributed by atoms with Crippen LogP contribution in [0.4, 0.5) is 0 Å². The van der Waals surface area contributed by atoms with Crippen LogP contribution in [-0.4, -0.2) is 68.5 Å². The second-order valence-corrected chi connectivity index (χ2v) is 26.7. The zero-order chi connectivity index (χ0) is 56.3. The summed E-state index contributed by atoms with van der Waals surface area (Å²) in [6, 6.07) is -0.798. The highest BCUT2D eigenvalue weighted by molar-refractivity contribution is 7.45. The van der Waals surface area contributed by atoms with Crippen LogP contribution in [0.1, 0.15) is 367 Å². The average Bonchev–Trinajstić information content (AvgIpc) is 3.39. The van der Waals surface area contributed by atoms with Crippen molar-refractivity contribution < 1.29 is 32.9 Å². The van der Waals surface area contributed by atoms with Gasteiger partial charge in [0.25, 0.3) is 7.82 Å². The number of likely N-dealkylation sites (N-methyl/N-ethyl adjacent to an activating group) is 1. The predicted molar refractivity (Wildman–Crippen MR) is 335 cm³/mol. The number of aliphatic hydroxyl groups is 1. The number of amides is 1. The molecule has 0 aromatic heterocycles. The fraction of sp³-hybridized carbons (Fsp3) is 0.956. The third-order valence-corrected chi connectivity index (χ3v) is 17.2. The Morgan fingerprint density at radius 2 is 0.714 bits per heavy atom. The number of nitrogens with one attached hydrogen (secondary N) is 1. The number of aliphatic hydroxyl groups excluding tert-OH is 1.